The van der Waals surface area contributed by atoms with Crippen molar-refractivity contribution < 1.29 is 18.0 Å². The summed E-state index contributed by atoms with van der Waals surface area (Å²) >= 11 is 3.42. The van der Waals surface area contributed by atoms with Gasteiger partial charge in [-0.25, -0.2) is 8.42 Å². The van der Waals surface area contributed by atoms with Gasteiger partial charge in [0.05, 0.1) is 10.6 Å². The summed E-state index contributed by atoms with van der Waals surface area (Å²) in [4.78, 5) is 28.4. The van der Waals surface area contributed by atoms with Crippen molar-refractivity contribution in [3.63, 3.8) is 0 Å². The molecule has 0 unspecified atom stereocenters. The second kappa shape index (κ2) is 14.3. The molecule has 0 radical (unpaired) electrons. The number of amides is 2. The van der Waals surface area contributed by atoms with Crippen LogP contribution in [0.25, 0.3) is 0 Å². The molecule has 1 atom stereocenters. The molecule has 2 amide bonds. The van der Waals surface area contributed by atoms with Crippen molar-refractivity contribution in [2.45, 2.75) is 57.5 Å². The van der Waals surface area contributed by atoms with Crippen LogP contribution in [0.5, 0.6) is 0 Å². The van der Waals surface area contributed by atoms with Gasteiger partial charge in [-0.1, -0.05) is 78.7 Å². The Morgan fingerprint density at radius 1 is 0.897 bits per heavy atom. The molecule has 0 aliphatic rings. The Morgan fingerprint density at radius 3 is 2.10 bits per heavy atom. The van der Waals surface area contributed by atoms with E-state index >= 15 is 0 Å². The van der Waals surface area contributed by atoms with Crippen LogP contribution < -0.4 is 9.62 Å². The Kier molecular flexibility index (Phi) is 11.1. The van der Waals surface area contributed by atoms with Gasteiger partial charge in [0.2, 0.25) is 11.8 Å². The summed E-state index contributed by atoms with van der Waals surface area (Å²) in [5, 5.41) is 2.90. The highest BCUT2D eigenvalue weighted by Crippen LogP contribution is 2.25. The van der Waals surface area contributed by atoms with Crippen molar-refractivity contribution in [1.82, 2.24) is 10.2 Å². The number of anilines is 1. The molecule has 0 aromatic heterocycles. The molecule has 0 bridgehead atoms. The topological polar surface area (TPSA) is 86.8 Å². The van der Waals surface area contributed by atoms with Crippen molar-refractivity contribution in [3.8, 4) is 0 Å². The van der Waals surface area contributed by atoms with E-state index in [0.29, 0.717) is 12.2 Å². The third-order valence-electron chi connectivity index (χ3n) is 6.51. The minimum Gasteiger partial charge on any atom is -0.354 e. The predicted octanol–water partition coefficient (Wildman–Crippen LogP) is 5.54. The van der Waals surface area contributed by atoms with Gasteiger partial charge in [0.25, 0.3) is 10.0 Å². The number of benzene rings is 3. The lowest BCUT2D eigenvalue weighted by Crippen LogP contribution is -2.51. The number of nitrogens with zero attached hydrogens (tertiary/aromatic N) is 2. The fourth-order valence-electron chi connectivity index (χ4n) is 4.05. The summed E-state index contributed by atoms with van der Waals surface area (Å²) in [5.74, 6) is -0.756. The van der Waals surface area contributed by atoms with Gasteiger partial charge in [-0.2, -0.15) is 0 Å². The van der Waals surface area contributed by atoms with Crippen molar-refractivity contribution in [2.24, 2.45) is 0 Å². The zero-order chi connectivity index (χ0) is 28.4. The van der Waals surface area contributed by atoms with Crippen LogP contribution in [-0.2, 0) is 32.6 Å². The van der Waals surface area contributed by atoms with Gasteiger partial charge < -0.3 is 10.2 Å². The first kappa shape index (κ1) is 30.4. The van der Waals surface area contributed by atoms with Crippen LogP contribution in [0.1, 0.15) is 44.7 Å². The molecule has 3 aromatic carbocycles. The normalized spacial score (nSPS) is 12.0. The molecule has 0 aliphatic heterocycles. The molecule has 0 fully saturated rings. The molecule has 7 nitrogen and oxygen atoms in total. The van der Waals surface area contributed by atoms with Gasteiger partial charge >= 0.3 is 0 Å². The Bertz CT molecular complexity index is 1330. The fraction of sp³-hybridized carbons (Fsp3) is 0.333. The van der Waals surface area contributed by atoms with Crippen molar-refractivity contribution >= 4 is 43.5 Å². The molecular formula is C30H36BrN3O4S. The van der Waals surface area contributed by atoms with Crippen LogP contribution in [0, 0.1) is 0 Å². The lowest BCUT2D eigenvalue weighted by molar-refractivity contribution is -0.139. The van der Waals surface area contributed by atoms with E-state index in [1.807, 2.05) is 50.2 Å². The first-order valence-corrected chi connectivity index (χ1v) is 15.4. The number of carbonyl (C=O) groups excluding carboxylic acids is 2. The highest BCUT2D eigenvalue weighted by molar-refractivity contribution is 9.10. The lowest BCUT2D eigenvalue weighted by Gasteiger charge is -2.32. The van der Waals surface area contributed by atoms with Crippen molar-refractivity contribution in [2.75, 3.05) is 17.4 Å². The van der Waals surface area contributed by atoms with Gasteiger partial charge in [0, 0.05) is 17.6 Å². The van der Waals surface area contributed by atoms with Gasteiger partial charge in [-0.3, -0.25) is 13.9 Å². The molecule has 3 aromatic rings. The number of hydrogen-bond donors (Lipinski definition) is 1. The van der Waals surface area contributed by atoms with Crippen LogP contribution in [0.15, 0.2) is 88.2 Å². The van der Waals surface area contributed by atoms with E-state index in [1.54, 1.807) is 37.3 Å². The van der Waals surface area contributed by atoms with Crippen LogP contribution >= 0.6 is 15.9 Å². The number of unbranched alkanes of at least 4 members (excludes halogenated alkanes) is 1. The number of halogens is 1. The monoisotopic (exact) mass is 613 g/mol. The molecule has 3 rings (SSSR count). The quantitative estimate of drug-likeness (QED) is 0.256. The molecule has 0 saturated carbocycles. The van der Waals surface area contributed by atoms with Crippen LogP contribution in [0.4, 0.5) is 5.69 Å². The summed E-state index contributed by atoms with van der Waals surface area (Å²) in [6.07, 6.45) is 2.56. The van der Waals surface area contributed by atoms with Gasteiger partial charge in [0.15, 0.2) is 0 Å². The minimum absolute atomic E-state index is 0.0854. The second-order valence-electron chi connectivity index (χ2n) is 9.31. The van der Waals surface area contributed by atoms with E-state index in [2.05, 4.69) is 21.2 Å². The summed E-state index contributed by atoms with van der Waals surface area (Å²) in [7, 11) is -4.07. The summed E-state index contributed by atoms with van der Waals surface area (Å²) in [6, 6.07) is 21.9. The number of aryl methyl sites for hydroxylation is 1. The minimum atomic E-state index is -4.07. The van der Waals surface area contributed by atoms with E-state index in [0.717, 1.165) is 39.2 Å². The van der Waals surface area contributed by atoms with Crippen molar-refractivity contribution in [3.05, 3.63) is 94.5 Å². The smallest absolute Gasteiger partial charge is 0.264 e. The lowest BCUT2D eigenvalue weighted by atomic mass is 10.1. The highest BCUT2D eigenvalue weighted by Gasteiger charge is 2.32. The molecule has 9 heteroatoms. The Morgan fingerprint density at radius 2 is 1.51 bits per heavy atom. The highest BCUT2D eigenvalue weighted by atomic mass is 79.9. The Hall–Kier alpha value is -3.17. The SMILES string of the molecule is CCCCNC(=O)[C@H](C)N(Cc1ccc(Br)cc1)C(=O)CN(c1ccc(CC)cc1)S(=O)(=O)c1ccccc1. The van der Waals surface area contributed by atoms with Gasteiger partial charge in [-0.15, -0.1) is 0 Å². The third kappa shape index (κ3) is 8.16. The molecular weight excluding hydrogens is 578 g/mol. The standard InChI is InChI=1S/C30H36BrN3O4S/c1-4-6-20-32-30(36)23(3)33(21-25-12-16-26(31)17-13-25)29(35)22-34(27-18-14-24(5-2)15-19-27)39(37,38)28-10-8-7-9-11-28/h7-19,23H,4-6,20-22H2,1-3H3,(H,32,36)/t23-/m0/s1. The van der Waals surface area contributed by atoms with Crippen LogP contribution in [0.3, 0.4) is 0 Å². The van der Waals surface area contributed by atoms with E-state index in [1.165, 1.54) is 17.0 Å². The van der Waals surface area contributed by atoms with Gasteiger partial charge in [0.1, 0.15) is 12.6 Å². The van der Waals surface area contributed by atoms with E-state index < -0.39 is 28.5 Å². The Balaban J connectivity index is 1.98. The summed E-state index contributed by atoms with van der Waals surface area (Å²) < 4.78 is 29.6. The maximum absolute atomic E-state index is 13.9. The fourth-order valence-corrected chi connectivity index (χ4v) is 5.75. The summed E-state index contributed by atoms with van der Waals surface area (Å²) in [5.41, 5.74) is 2.26. The average Bonchev–Trinajstić information content (AvgIpc) is 2.95. The molecule has 208 valence electrons. The number of hydrogen-bond acceptors (Lipinski definition) is 4. The first-order chi connectivity index (χ1) is 18.7. The molecule has 39 heavy (non-hydrogen) atoms. The van der Waals surface area contributed by atoms with Crippen molar-refractivity contribution in [1.29, 1.82) is 0 Å². The molecule has 0 saturated heterocycles. The summed E-state index contributed by atoms with van der Waals surface area (Å²) in [6.45, 7) is 5.94. The Labute approximate surface area is 240 Å². The number of nitrogens with one attached hydrogen (secondary N) is 1. The van der Waals surface area contributed by atoms with E-state index in [4.69, 9.17) is 0 Å². The number of carbonyl (C=O) groups is 2. The zero-order valence-electron chi connectivity index (χ0n) is 22.6. The molecule has 1 N–H and O–H groups in total. The predicted molar refractivity (Wildman–Crippen MR) is 159 cm³/mol. The average molecular weight is 615 g/mol. The molecule has 0 heterocycles. The molecule has 0 spiro atoms. The van der Waals surface area contributed by atoms with Crippen LogP contribution in [-0.4, -0.2) is 44.3 Å². The van der Waals surface area contributed by atoms with E-state index in [9.17, 15) is 18.0 Å². The largest absolute Gasteiger partial charge is 0.354 e. The zero-order valence-corrected chi connectivity index (χ0v) is 25.0. The maximum Gasteiger partial charge on any atom is 0.264 e. The van der Waals surface area contributed by atoms with E-state index in [-0.39, 0.29) is 17.3 Å². The van der Waals surface area contributed by atoms with Crippen LogP contribution in [0.2, 0.25) is 0 Å². The molecule has 0 aliphatic carbocycles. The first-order valence-electron chi connectivity index (χ1n) is 13.2. The van der Waals surface area contributed by atoms with Gasteiger partial charge in [-0.05, 0) is 67.3 Å². The maximum atomic E-state index is 13.9. The number of sulfonamides is 1. The third-order valence-corrected chi connectivity index (χ3v) is 8.82. The number of rotatable bonds is 13. The second-order valence-corrected chi connectivity index (χ2v) is 12.1.